The third-order valence-electron chi connectivity index (χ3n) is 15.5. The number of rotatable bonds is 10. The Bertz CT molecular complexity index is 1650. The van der Waals surface area contributed by atoms with E-state index in [2.05, 4.69) is 72.5 Å². The van der Waals surface area contributed by atoms with Crippen molar-refractivity contribution >= 4 is 35.7 Å². The Morgan fingerprint density at radius 2 is 1.62 bits per heavy atom. The normalized spacial score (nSPS) is 33.4. The second-order valence-corrected chi connectivity index (χ2v) is 21.2. The lowest BCUT2D eigenvalue weighted by Crippen LogP contribution is -2.63. The van der Waals surface area contributed by atoms with Gasteiger partial charge in [0.25, 0.3) is 6.47 Å². The molecule has 0 spiro atoms. The van der Waals surface area contributed by atoms with E-state index in [1.54, 1.807) is 7.05 Å². The van der Waals surface area contributed by atoms with Crippen LogP contribution >= 0.6 is 11.6 Å². The molecular formula is C47H71ClN2O6. The molecule has 8 atom stereocenters. The number of carboxylic acid groups (broad SMARTS) is 1. The van der Waals surface area contributed by atoms with Crippen LogP contribution in [0.3, 0.4) is 0 Å². The highest BCUT2D eigenvalue weighted by atomic mass is 35.5. The Morgan fingerprint density at radius 1 is 0.982 bits per heavy atom. The molecule has 0 aromatic heterocycles. The number of hydrogen-bond acceptors (Lipinski definition) is 6. The van der Waals surface area contributed by atoms with Crippen molar-refractivity contribution in [1.82, 2.24) is 10.2 Å². The minimum atomic E-state index is -0.250. The summed E-state index contributed by atoms with van der Waals surface area (Å²) in [6, 6.07) is 7.93. The maximum Gasteiger partial charge on any atom is 0.306 e. The summed E-state index contributed by atoms with van der Waals surface area (Å²) in [5, 5.41) is 10.4. The molecule has 56 heavy (non-hydrogen) atoms. The Kier molecular flexibility index (Phi) is 13.4. The van der Waals surface area contributed by atoms with E-state index >= 15 is 0 Å². The number of halogens is 1. The van der Waals surface area contributed by atoms with E-state index in [1.807, 2.05) is 24.3 Å². The highest BCUT2D eigenvalue weighted by Gasteiger charge is 2.66. The van der Waals surface area contributed by atoms with Crippen LogP contribution in [0.15, 0.2) is 35.4 Å². The first-order chi connectivity index (χ1) is 26.2. The number of ether oxygens (including phenoxy) is 1. The van der Waals surface area contributed by atoms with E-state index in [0.29, 0.717) is 60.4 Å². The van der Waals surface area contributed by atoms with Crippen LogP contribution in [0.4, 0.5) is 0 Å². The fourth-order valence-corrected chi connectivity index (χ4v) is 13.4. The fraction of sp³-hybridized carbons (Fsp3) is 0.745. The molecule has 0 bridgehead atoms. The van der Waals surface area contributed by atoms with Crippen molar-refractivity contribution < 1.29 is 29.0 Å². The average Bonchev–Trinajstić information content (AvgIpc) is 3.41. The predicted octanol–water partition coefficient (Wildman–Crippen LogP) is 9.92. The summed E-state index contributed by atoms with van der Waals surface area (Å²) in [7, 11) is 1.70. The third-order valence-corrected chi connectivity index (χ3v) is 15.7. The van der Waals surface area contributed by atoms with E-state index in [9.17, 15) is 14.4 Å². The van der Waals surface area contributed by atoms with Crippen molar-refractivity contribution in [2.45, 2.75) is 146 Å². The Balaban J connectivity index is 0.00000194. The van der Waals surface area contributed by atoms with Gasteiger partial charge in [-0.05, 0) is 133 Å². The number of carbonyl (C=O) groups excluding carboxylic acids is 3. The van der Waals surface area contributed by atoms with Gasteiger partial charge in [-0.1, -0.05) is 91.6 Å². The van der Waals surface area contributed by atoms with E-state index < -0.39 is 0 Å². The van der Waals surface area contributed by atoms with Crippen molar-refractivity contribution in [3.8, 4) is 0 Å². The van der Waals surface area contributed by atoms with Gasteiger partial charge in [-0.25, -0.2) is 0 Å². The Hall–Kier alpha value is -2.71. The first-order valence-corrected chi connectivity index (χ1v) is 21.8. The van der Waals surface area contributed by atoms with Gasteiger partial charge < -0.3 is 15.2 Å². The number of benzene rings is 1. The predicted molar refractivity (Wildman–Crippen MR) is 223 cm³/mol. The topological polar surface area (TPSA) is 113 Å². The number of nitrogens with one attached hydrogen (secondary N) is 1. The summed E-state index contributed by atoms with van der Waals surface area (Å²) in [5.41, 5.74) is 3.93. The van der Waals surface area contributed by atoms with E-state index in [4.69, 9.17) is 26.2 Å². The molecule has 0 aliphatic heterocycles. The number of likely N-dealkylation sites (N-methyl/N-ethyl adjacent to an activating group) is 1. The van der Waals surface area contributed by atoms with Gasteiger partial charge in [-0.15, -0.1) is 0 Å². The molecule has 5 aliphatic carbocycles. The van der Waals surface area contributed by atoms with Crippen LogP contribution in [0.25, 0.3) is 0 Å². The lowest BCUT2D eigenvalue weighted by molar-refractivity contribution is -0.213. The zero-order valence-electron chi connectivity index (χ0n) is 36.1. The SMILES string of the molecule is CNC(=O)CN(CCC12CCC3C(CCC4C3(C)CCC3C(C)(C)C(OC(=O)CC(C)(C)C)CCC34C)C1=C(C(C)C)C(=O)C2)Cc1ccc(Cl)cc1.O=CO. The maximum absolute atomic E-state index is 14.1. The Morgan fingerprint density at radius 3 is 2.23 bits per heavy atom. The Labute approximate surface area is 342 Å². The summed E-state index contributed by atoms with van der Waals surface area (Å²) in [5.74, 6) is 2.70. The van der Waals surface area contributed by atoms with Gasteiger partial charge in [-0.3, -0.25) is 24.1 Å². The molecule has 1 aromatic rings. The zero-order valence-corrected chi connectivity index (χ0v) is 36.8. The minimum Gasteiger partial charge on any atom is -0.483 e. The van der Waals surface area contributed by atoms with Crippen molar-refractivity contribution in [2.24, 2.45) is 56.7 Å². The van der Waals surface area contributed by atoms with Gasteiger partial charge in [0.05, 0.1) is 13.0 Å². The largest absolute Gasteiger partial charge is 0.483 e. The number of hydrogen-bond donors (Lipinski definition) is 2. The molecule has 4 saturated carbocycles. The van der Waals surface area contributed by atoms with E-state index in [0.717, 1.165) is 49.8 Å². The summed E-state index contributed by atoms with van der Waals surface area (Å²) in [6.45, 7) is 22.3. The molecule has 4 fully saturated rings. The standard InChI is InChI=1S/C46H69ClN2O4.CH2O2/c1-29(2)40-34(50)25-46(23-24-49(28-38(51)48-10)27-30-11-13-31(47)14-12-30)22-17-33-32(41(40)46)15-16-36-44(33,8)20-18-35-43(6,7)37(19-21-45(35,36)9)53-39(52)26-42(3,4)5;2-1-3/h11-14,29,32-33,35-37H,15-28H2,1-10H3,(H,48,51);1H,(H,2,3). The first-order valence-electron chi connectivity index (χ1n) is 21.4. The fourth-order valence-electron chi connectivity index (χ4n) is 13.3. The second-order valence-electron chi connectivity index (χ2n) is 20.8. The van der Waals surface area contributed by atoms with Crippen LogP contribution in [-0.4, -0.2) is 60.4 Å². The summed E-state index contributed by atoms with van der Waals surface area (Å²) < 4.78 is 6.32. The van der Waals surface area contributed by atoms with Gasteiger partial charge >= 0.3 is 5.97 Å². The number of carbonyl (C=O) groups is 4. The van der Waals surface area contributed by atoms with Gasteiger partial charge in [0.2, 0.25) is 5.91 Å². The van der Waals surface area contributed by atoms with E-state index in [1.165, 1.54) is 31.3 Å². The smallest absolute Gasteiger partial charge is 0.306 e. The lowest BCUT2D eigenvalue weighted by atomic mass is 9.36. The molecule has 9 heteroatoms. The molecule has 8 nitrogen and oxygen atoms in total. The number of nitrogens with zero attached hydrogens (tertiary/aromatic N) is 1. The quantitative estimate of drug-likeness (QED) is 0.179. The molecule has 5 aliphatic rings. The van der Waals surface area contributed by atoms with Gasteiger partial charge in [0, 0.05) is 35.9 Å². The summed E-state index contributed by atoms with van der Waals surface area (Å²) in [6.07, 6.45) is 11.0. The molecule has 6 rings (SSSR count). The third kappa shape index (κ3) is 8.67. The lowest BCUT2D eigenvalue weighted by Gasteiger charge is -2.69. The van der Waals surface area contributed by atoms with Gasteiger partial charge in [-0.2, -0.15) is 0 Å². The maximum atomic E-state index is 14.1. The minimum absolute atomic E-state index is 0.0110. The summed E-state index contributed by atoms with van der Waals surface area (Å²) >= 11 is 6.20. The number of allylic oxidation sites excluding steroid dienone is 2. The molecule has 312 valence electrons. The van der Waals surface area contributed by atoms with Crippen LogP contribution in [-0.2, 0) is 30.5 Å². The number of amides is 1. The second kappa shape index (κ2) is 16.9. The average molecular weight is 796 g/mol. The molecular weight excluding hydrogens is 724 g/mol. The number of Topliss-reactive ketones (excluding diaryl/α,β-unsaturated/α-hetero) is 1. The number of fused-ring (bicyclic) bond motifs is 7. The molecule has 1 aromatic carbocycles. The monoisotopic (exact) mass is 795 g/mol. The van der Waals surface area contributed by atoms with E-state index in [-0.39, 0.29) is 57.4 Å². The molecule has 0 heterocycles. The number of esters is 1. The van der Waals surface area contributed by atoms with Crippen molar-refractivity contribution in [3.63, 3.8) is 0 Å². The zero-order chi connectivity index (χ0) is 41.4. The van der Waals surface area contributed by atoms with Crippen LogP contribution < -0.4 is 5.32 Å². The van der Waals surface area contributed by atoms with Crippen LogP contribution in [0.1, 0.15) is 139 Å². The highest BCUT2D eigenvalue weighted by Crippen LogP contribution is 2.73. The van der Waals surface area contributed by atoms with Crippen LogP contribution in [0, 0.1) is 56.7 Å². The molecule has 0 saturated heterocycles. The van der Waals surface area contributed by atoms with Crippen LogP contribution in [0.5, 0.6) is 0 Å². The first kappa shape index (κ1) is 44.4. The van der Waals surface area contributed by atoms with Crippen molar-refractivity contribution in [2.75, 3.05) is 20.1 Å². The van der Waals surface area contributed by atoms with Gasteiger partial charge in [0.1, 0.15) is 6.10 Å². The van der Waals surface area contributed by atoms with Crippen LogP contribution in [0.2, 0.25) is 5.02 Å². The summed E-state index contributed by atoms with van der Waals surface area (Å²) in [4.78, 5) is 50.5. The van der Waals surface area contributed by atoms with Gasteiger partial charge in [0.15, 0.2) is 5.78 Å². The van der Waals surface area contributed by atoms with Crippen molar-refractivity contribution in [1.29, 1.82) is 0 Å². The van der Waals surface area contributed by atoms with Crippen molar-refractivity contribution in [3.05, 3.63) is 46.0 Å². The number of ketones is 1. The molecule has 1 amide bonds. The molecule has 8 unspecified atom stereocenters. The molecule has 2 N–H and O–H groups in total. The highest BCUT2D eigenvalue weighted by molar-refractivity contribution is 6.30. The molecule has 0 radical (unpaired) electrons.